The highest BCUT2D eigenvalue weighted by Gasteiger charge is 2.20. The van der Waals surface area contributed by atoms with Crippen molar-refractivity contribution < 1.29 is 13.9 Å². The van der Waals surface area contributed by atoms with E-state index in [9.17, 15) is 4.79 Å². The zero-order valence-corrected chi connectivity index (χ0v) is 10.8. The van der Waals surface area contributed by atoms with Gasteiger partial charge in [0.15, 0.2) is 5.58 Å². The smallest absolute Gasteiger partial charge is 0.328 e. The van der Waals surface area contributed by atoms with Gasteiger partial charge >= 0.3 is 5.97 Å². The fourth-order valence-corrected chi connectivity index (χ4v) is 1.86. The molecule has 1 heterocycles. The second-order valence-corrected chi connectivity index (χ2v) is 4.17. The molecule has 0 amide bonds. The molecule has 18 heavy (non-hydrogen) atoms. The predicted molar refractivity (Wildman–Crippen MR) is 71.9 cm³/mol. The first kappa shape index (κ1) is 12.8. The minimum absolute atomic E-state index is 0.313. The van der Waals surface area contributed by atoms with E-state index in [1.807, 2.05) is 24.3 Å². The van der Waals surface area contributed by atoms with E-state index >= 15 is 0 Å². The van der Waals surface area contributed by atoms with Crippen molar-refractivity contribution in [3.05, 3.63) is 24.3 Å². The number of hydrogen-bond donors (Lipinski definition) is 2. The Kier molecular flexibility index (Phi) is 4.09. The number of anilines is 1. The van der Waals surface area contributed by atoms with Crippen molar-refractivity contribution >= 4 is 35.7 Å². The van der Waals surface area contributed by atoms with Crippen LogP contribution >= 0.6 is 12.6 Å². The molecule has 1 N–H and O–H groups in total. The van der Waals surface area contributed by atoms with Gasteiger partial charge in [-0.3, -0.25) is 0 Å². The van der Waals surface area contributed by atoms with Gasteiger partial charge in [-0.1, -0.05) is 12.1 Å². The van der Waals surface area contributed by atoms with Gasteiger partial charge in [0.25, 0.3) is 6.01 Å². The number of carbonyl (C=O) groups excluding carboxylic acids is 1. The molecule has 2 aromatic rings. The molecule has 0 bridgehead atoms. The Balaban J connectivity index is 2.17. The van der Waals surface area contributed by atoms with Crippen LogP contribution in [0.2, 0.25) is 0 Å². The first-order chi connectivity index (χ1) is 8.74. The van der Waals surface area contributed by atoms with Crippen molar-refractivity contribution in [1.29, 1.82) is 0 Å². The third-order valence-corrected chi connectivity index (χ3v) is 2.75. The number of para-hydroxylation sites is 2. The zero-order chi connectivity index (χ0) is 13.0. The van der Waals surface area contributed by atoms with E-state index in [1.54, 1.807) is 0 Å². The third kappa shape index (κ3) is 2.76. The number of aromatic nitrogens is 1. The highest BCUT2D eigenvalue weighted by Crippen LogP contribution is 2.19. The largest absolute Gasteiger partial charge is 0.467 e. The number of rotatable bonds is 5. The monoisotopic (exact) mass is 266 g/mol. The molecule has 0 spiro atoms. The maximum Gasteiger partial charge on any atom is 0.328 e. The molecule has 1 aromatic heterocycles. The number of thiol groups is 1. The van der Waals surface area contributed by atoms with Gasteiger partial charge in [-0.05, 0) is 24.3 Å². The molecule has 0 unspecified atom stereocenters. The van der Waals surface area contributed by atoms with Crippen LogP contribution in [-0.2, 0) is 9.53 Å². The molecule has 0 aliphatic rings. The van der Waals surface area contributed by atoms with Crippen molar-refractivity contribution in [1.82, 2.24) is 4.98 Å². The standard InChI is InChI=1S/C12H14N2O3S/c1-16-11(15)9(6-7-18)14-12-13-8-4-2-3-5-10(8)17-12/h2-5,9,18H,6-7H2,1H3,(H,13,14)/t9-/m0/s1. The Bertz CT molecular complexity index is 508. The van der Waals surface area contributed by atoms with Gasteiger partial charge in [0.2, 0.25) is 0 Å². The van der Waals surface area contributed by atoms with Gasteiger partial charge in [0.05, 0.1) is 7.11 Å². The van der Waals surface area contributed by atoms with Crippen molar-refractivity contribution in [2.75, 3.05) is 18.2 Å². The van der Waals surface area contributed by atoms with Crippen LogP contribution in [0.4, 0.5) is 6.01 Å². The van der Waals surface area contributed by atoms with Crippen LogP contribution in [0.5, 0.6) is 0 Å². The van der Waals surface area contributed by atoms with Gasteiger partial charge in [0, 0.05) is 0 Å². The van der Waals surface area contributed by atoms with E-state index in [2.05, 4.69) is 22.9 Å². The normalized spacial score (nSPS) is 12.3. The van der Waals surface area contributed by atoms with Crippen LogP contribution in [-0.4, -0.2) is 29.9 Å². The number of nitrogens with zero attached hydrogens (tertiary/aromatic N) is 1. The fourth-order valence-electron chi connectivity index (χ4n) is 1.60. The molecule has 0 radical (unpaired) electrons. The summed E-state index contributed by atoms with van der Waals surface area (Å²) in [7, 11) is 1.35. The summed E-state index contributed by atoms with van der Waals surface area (Å²) in [6, 6.07) is 7.21. The molecule has 1 aromatic carbocycles. The van der Waals surface area contributed by atoms with Crippen molar-refractivity contribution in [2.45, 2.75) is 12.5 Å². The topological polar surface area (TPSA) is 64.4 Å². The van der Waals surface area contributed by atoms with E-state index in [1.165, 1.54) is 7.11 Å². The fraction of sp³-hybridized carbons (Fsp3) is 0.333. The molecule has 2 rings (SSSR count). The Morgan fingerprint density at radius 3 is 3.00 bits per heavy atom. The summed E-state index contributed by atoms with van der Waals surface area (Å²) < 4.78 is 10.2. The summed E-state index contributed by atoms with van der Waals surface area (Å²) in [5.74, 6) is 0.207. The van der Waals surface area contributed by atoms with E-state index in [4.69, 9.17) is 9.15 Å². The van der Waals surface area contributed by atoms with E-state index in [0.29, 0.717) is 23.8 Å². The highest BCUT2D eigenvalue weighted by molar-refractivity contribution is 7.80. The molecular formula is C12H14N2O3S. The first-order valence-electron chi connectivity index (χ1n) is 5.55. The number of benzene rings is 1. The Labute approximate surface area is 110 Å². The predicted octanol–water partition coefficient (Wildman–Crippen LogP) is 2.10. The quantitative estimate of drug-likeness (QED) is 0.641. The molecule has 96 valence electrons. The van der Waals surface area contributed by atoms with Gasteiger partial charge in [-0.25, -0.2) is 4.79 Å². The van der Waals surface area contributed by atoms with Gasteiger partial charge in [-0.15, -0.1) is 0 Å². The maximum atomic E-state index is 11.5. The lowest BCUT2D eigenvalue weighted by molar-refractivity contribution is -0.141. The van der Waals surface area contributed by atoms with Crippen LogP contribution in [0.1, 0.15) is 6.42 Å². The SMILES string of the molecule is COC(=O)[C@H](CCS)Nc1nc2ccccc2o1. The molecule has 1 atom stereocenters. The average molecular weight is 266 g/mol. The van der Waals surface area contributed by atoms with Crippen LogP contribution in [0.25, 0.3) is 11.1 Å². The van der Waals surface area contributed by atoms with Crippen molar-refractivity contribution in [3.8, 4) is 0 Å². The Morgan fingerprint density at radius 1 is 1.56 bits per heavy atom. The minimum atomic E-state index is -0.499. The molecular weight excluding hydrogens is 252 g/mol. The van der Waals surface area contributed by atoms with Gasteiger partial charge < -0.3 is 14.5 Å². The summed E-state index contributed by atoms with van der Waals surface area (Å²) >= 11 is 4.11. The summed E-state index contributed by atoms with van der Waals surface area (Å²) in [5.41, 5.74) is 1.42. The number of esters is 1. The summed E-state index contributed by atoms with van der Waals surface area (Å²) in [5, 5.41) is 2.92. The number of ether oxygens (including phenoxy) is 1. The van der Waals surface area contributed by atoms with Crippen LogP contribution in [0, 0.1) is 0 Å². The molecule has 0 saturated heterocycles. The number of fused-ring (bicyclic) bond motifs is 1. The Hall–Kier alpha value is -1.69. The number of hydrogen-bond acceptors (Lipinski definition) is 6. The lowest BCUT2D eigenvalue weighted by atomic mass is 10.2. The van der Waals surface area contributed by atoms with Crippen molar-refractivity contribution in [3.63, 3.8) is 0 Å². The second kappa shape index (κ2) is 5.77. The number of oxazole rings is 1. The van der Waals surface area contributed by atoms with Crippen LogP contribution in [0.3, 0.4) is 0 Å². The molecule has 0 aliphatic carbocycles. The lowest BCUT2D eigenvalue weighted by Gasteiger charge is -2.13. The number of methoxy groups -OCH3 is 1. The van der Waals surface area contributed by atoms with Crippen molar-refractivity contribution in [2.24, 2.45) is 0 Å². The highest BCUT2D eigenvalue weighted by atomic mass is 32.1. The first-order valence-corrected chi connectivity index (χ1v) is 6.18. The summed E-state index contributed by atoms with van der Waals surface area (Å²) in [6.07, 6.45) is 0.536. The molecule has 0 saturated carbocycles. The zero-order valence-electron chi connectivity index (χ0n) is 9.92. The molecule has 0 aliphatic heterocycles. The molecule has 0 fully saturated rings. The third-order valence-electron chi connectivity index (χ3n) is 2.50. The average Bonchev–Trinajstić information content (AvgIpc) is 2.79. The molecule has 5 nitrogen and oxygen atoms in total. The summed E-state index contributed by atoms with van der Waals surface area (Å²) in [4.78, 5) is 15.8. The maximum absolute atomic E-state index is 11.5. The number of nitrogens with one attached hydrogen (secondary N) is 1. The van der Waals surface area contributed by atoms with Gasteiger partial charge in [0.1, 0.15) is 11.6 Å². The van der Waals surface area contributed by atoms with E-state index in [0.717, 1.165) is 5.52 Å². The lowest BCUT2D eigenvalue weighted by Crippen LogP contribution is -2.31. The molecule has 6 heteroatoms. The van der Waals surface area contributed by atoms with E-state index in [-0.39, 0.29) is 5.97 Å². The summed E-state index contributed by atoms with van der Waals surface area (Å²) in [6.45, 7) is 0. The number of carbonyl (C=O) groups is 1. The second-order valence-electron chi connectivity index (χ2n) is 3.72. The van der Waals surface area contributed by atoms with E-state index < -0.39 is 6.04 Å². The van der Waals surface area contributed by atoms with Gasteiger partial charge in [-0.2, -0.15) is 17.6 Å². The minimum Gasteiger partial charge on any atom is -0.467 e. The van der Waals surface area contributed by atoms with Crippen LogP contribution in [0.15, 0.2) is 28.7 Å². The Morgan fingerprint density at radius 2 is 2.33 bits per heavy atom. The van der Waals surface area contributed by atoms with Crippen LogP contribution < -0.4 is 5.32 Å².